The van der Waals surface area contributed by atoms with Crippen molar-refractivity contribution in [2.75, 3.05) is 6.61 Å². The number of aliphatic hydroxyl groups is 2. The van der Waals surface area contributed by atoms with E-state index in [2.05, 4.69) is 19.2 Å². The number of unbranched alkanes of at least 4 members (excludes halogenated alkanes) is 7. The molecule has 0 spiro atoms. The Balaban J connectivity index is 2.43. The zero-order valence-corrected chi connectivity index (χ0v) is 17.3. The van der Waals surface area contributed by atoms with Crippen molar-refractivity contribution >= 4 is 5.91 Å². The van der Waals surface area contributed by atoms with Gasteiger partial charge in [0.15, 0.2) is 0 Å². The van der Waals surface area contributed by atoms with Crippen LogP contribution in [0.1, 0.15) is 94.0 Å². The van der Waals surface area contributed by atoms with Crippen LogP contribution in [0.2, 0.25) is 0 Å². The summed E-state index contributed by atoms with van der Waals surface area (Å²) in [4.78, 5) is 12.4. The summed E-state index contributed by atoms with van der Waals surface area (Å²) in [5.74, 6) is -0.240. The molecule has 3 N–H and O–H groups in total. The van der Waals surface area contributed by atoms with Crippen LogP contribution in [0.15, 0.2) is 24.3 Å². The first kappa shape index (κ1) is 23.6. The molecule has 0 heterocycles. The fraction of sp³-hybridized carbons (Fsp3) is 0.696. The molecule has 0 saturated heterocycles. The Morgan fingerprint density at radius 2 is 1.52 bits per heavy atom. The van der Waals surface area contributed by atoms with Crippen LogP contribution in [-0.4, -0.2) is 34.9 Å². The van der Waals surface area contributed by atoms with Crippen molar-refractivity contribution in [2.24, 2.45) is 0 Å². The molecular weight excluding hydrogens is 338 g/mol. The summed E-state index contributed by atoms with van der Waals surface area (Å²) in [5.41, 5.74) is 1.82. The van der Waals surface area contributed by atoms with Gasteiger partial charge in [-0.15, -0.1) is 0 Å². The fourth-order valence-electron chi connectivity index (χ4n) is 3.25. The fourth-order valence-corrected chi connectivity index (χ4v) is 3.25. The SMILES string of the molecule is CCCCCCCc1ccc(C(=O)N[C@@H](CO)[C@@H](O)CCCCCC)cc1. The van der Waals surface area contributed by atoms with Crippen molar-refractivity contribution in [3.05, 3.63) is 35.4 Å². The minimum atomic E-state index is -0.710. The summed E-state index contributed by atoms with van der Waals surface area (Å²) in [6.07, 6.45) is 11.5. The van der Waals surface area contributed by atoms with Crippen LogP contribution in [0, 0.1) is 0 Å². The molecule has 0 unspecified atom stereocenters. The second-order valence-corrected chi connectivity index (χ2v) is 7.54. The lowest BCUT2D eigenvalue weighted by Gasteiger charge is -2.22. The third-order valence-corrected chi connectivity index (χ3v) is 5.12. The largest absolute Gasteiger partial charge is 0.394 e. The van der Waals surface area contributed by atoms with Crippen molar-refractivity contribution in [3.8, 4) is 0 Å². The number of hydrogen-bond acceptors (Lipinski definition) is 3. The van der Waals surface area contributed by atoms with Gasteiger partial charge in [0, 0.05) is 5.56 Å². The highest BCUT2D eigenvalue weighted by molar-refractivity contribution is 5.94. The first-order valence-corrected chi connectivity index (χ1v) is 10.8. The summed E-state index contributed by atoms with van der Waals surface area (Å²) in [6, 6.07) is 7.06. The number of carbonyl (C=O) groups is 1. The lowest BCUT2D eigenvalue weighted by atomic mass is 10.0. The van der Waals surface area contributed by atoms with Gasteiger partial charge in [0.1, 0.15) is 0 Å². The van der Waals surface area contributed by atoms with Gasteiger partial charge in [-0.3, -0.25) is 4.79 Å². The molecule has 0 aliphatic rings. The molecule has 0 saturated carbocycles. The molecule has 27 heavy (non-hydrogen) atoms. The standard InChI is InChI=1S/C23H39NO3/c1-3-5-7-9-10-12-19-14-16-20(17-15-19)23(27)24-21(18-25)22(26)13-11-8-6-4-2/h14-17,21-22,25-26H,3-13,18H2,1-2H3,(H,24,27)/t21-,22-/m0/s1. The maximum absolute atomic E-state index is 12.4. The van der Waals surface area contributed by atoms with Crippen molar-refractivity contribution < 1.29 is 15.0 Å². The van der Waals surface area contributed by atoms with Crippen LogP contribution >= 0.6 is 0 Å². The predicted molar refractivity (Wildman–Crippen MR) is 112 cm³/mol. The second kappa shape index (κ2) is 14.6. The molecular formula is C23H39NO3. The molecule has 0 radical (unpaired) electrons. The Bertz CT molecular complexity index is 501. The third kappa shape index (κ3) is 9.92. The molecule has 0 aliphatic carbocycles. The van der Waals surface area contributed by atoms with E-state index in [-0.39, 0.29) is 12.5 Å². The van der Waals surface area contributed by atoms with Crippen LogP contribution in [-0.2, 0) is 6.42 Å². The van der Waals surface area contributed by atoms with E-state index in [0.29, 0.717) is 12.0 Å². The van der Waals surface area contributed by atoms with Crippen LogP contribution in [0.25, 0.3) is 0 Å². The number of rotatable bonds is 15. The van der Waals surface area contributed by atoms with Crippen molar-refractivity contribution in [1.82, 2.24) is 5.32 Å². The Morgan fingerprint density at radius 1 is 0.926 bits per heavy atom. The molecule has 1 amide bonds. The van der Waals surface area contributed by atoms with Gasteiger partial charge in [-0.05, 0) is 37.0 Å². The van der Waals surface area contributed by atoms with E-state index < -0.39 is 12.1 Å². The van der Waals surface area contributed by atoms with Crippen LogP contribution < -0.4 is 5.32 Å². The number of aryl methyl sites for hydroxylation is 1. The molecule has 1 aromatic carbocycles. The first-order valence-electron chi connectivity index (χ1n) is 10.8. The number of amides is 1. The second-order valence-electron chi connectivity index (χ2n) is 7.54. The maximum Gasteiger partial charge on any atom is 0.251 e. The molecule has 0 aliphatic heterocycles. The highest BCUT2D eigenvalue weighted by Crippen LogP contribution is 2.12. The number of aliphatic hydroxyl groups excluding tert-OH is 2. The number of hydrogen-bond donors (Lipinski definition) is 3. The monoisotopic (exact) mass is 377 g/mol. The molecule has 1 aromatic rings. The summed E-state index contributed by atoms with van der Waals surface area (Å²) in [7, 11) is 0. The van der Waals surface area contributed by atoms with E-state index in [4.69, 9.17) is 0 Å². The zero-order valence-electron chi connectivity index (χ0n) is 17.3. The summed E-state index contributed by atoms with van der Waals surface area (Å²) < 4.78 is 0. The van der Waals surface area contributed by atoms with Gasteiger partial charge in [-0.1, -0.05) is 77.3 Å². The first-order chi connectivity index (χ1) is 13.1. The van der Waals surface area contributed by atoms with E-state index in [0.717, 1.165) is 32.1 Å². The quantitative estimate of drug-likeness (QED) is 0.391. The lowest BCUT2D eigenvalue weighted by Crippen LogP contribution is -2.45. The maximum atomic E-state index is 12.4. The smallest absolute Gasteiger partial charge is 0.251 e. The molecule has 0 fully saturated rings. The number of carbonyl (C=O) groups excluding carboxylic acids is 1. The van der Waals surface area contributed by atoms with Gasteiger partial charge in [0.25, 0.3) is 5.91 Å². The van der Waals surface area contributed by atoms with Crippen molar-refractivity contribution in [1.29, 1.82) is 0 Å². The van der Waals surface area contributed by atoms with Crippen LogP contribution in [0.4, 0.5) is 0 Å². The molecule has 4 nitrogen and oxygen atoms in total. The number of nitrogens with one attached hydrogen (secondary N) is 1. The highest BCUT2D eigenvalue weighted by atomic mass is 16.3. The summed E-state index contributed by atoms with van der Waals surface area (Å²) in [6.45, 7) is 4.11. The van der Waals surface area contributed by atoms with E-state index in [9.17, 15) is 15.0 Å². The Kier molecular flexibility index (Phi) is 12.8. The van der Waals surface area contributed by atoms with Gasteiger partial charge >= 0.3 is 0 Å². The lowest BCUT2D eigenvalue weighted by molar-refractivity contribution is 0.0662. The Labute approximate surface area is 165 Å². The van der Waals surface area contributed by atoms with Crippen LogP contribution in [0.5, 0.6) is 0 Å². The summed E-state index contributed by atoms with van der Waals surface area (Å²) in [5, 5.41) is 22.5. The van der Waals surface area contributed by atoms with Gasteiger partial charge in [-0.2, -0.15) is 0 Å². The number of benzene rings is 1. The van der Waals surface area contributed by atoms with E-state index in [1.54, 1.807) is 0 Å². The van der Waals surface area contributed by atoms with Gasteiger partial charge < -0.3 is 15.5 Å². The Morgan fingerprint density at radius 3 is 2.11 bits per heavy atom. The van der Waals surface area contributed by atoms with E-state index >= 15 is 0 Å². The topological polar surface area (TPSA) is 69.6 Å². The molecule has 2 atom stereocenters. The molecule has 4 heteroatoms. The average Bonchev–Trinajstić information content (AvgIpc) is 2.69. The van der Waals surface area contributed by atoms with Crippen LogP contribution in [0.3, 0.4) is 0 Å². The molecule has 1 rings (SSSR count). The van der Waals surface area contributed by atoms with Gasteiger partial charge in [0.2, 0.25) is 0 Å². The van der Waals surface area contributed by atoms with Gasteiger partial charge in [-0.25, -0.2) is 0 Å². The van der Waals surface area contributed by atoms with Crippen molar-refractivity contribution in [3.63, 3.8) is 0 Å². The zero-order chi connectivity index (χ0) is 19.9. The minimum absolute atomic E-state index is 0.240. The minimum Gasteiger partial charge on any atom is -0.394 e. The molecule has 0 aromatic heterocycles. The molecule has 0 bridgehead atoms. The third-order valence-electron chi connectivity index (χ3n) is 5.12. The van der Waals surface area contributed by atoms with E-state index in [1.807, 2.05) is 24.3 Å². The highest BCUT2D eigenvalue weighted by Gasteiger charge is 2.20. The Hall–Kier alpha value is -1.39. The average molecular weight is 378 g/mol. The van der Waals surface area contributed by atoms with Crippen molar-refractivity contribution in [2.45, 2.75) is 96.6 Å². The predicted octanol–water partition coefficient (Wildman–Crippen LogP) is 4.62. The van der Waals surface area contributed by atoms with E-state index in [1.165, 1.54) is 37.7 Å². The molecule has 154 valence electrons. The summed E-state index contributed by atoms with van der Waals surface area (Å²) >= 11 is 0. The van der Waals surface area contributed by atoms with Gasteiger partial charge in [0.05, 0.1) is 18.8 Å². The normalized spacial score (nSPS) is 13.3.